The van der Waals surface area contributed by atoms with Gasteiger partial charge in [-0.2, -0.15) is 0 Å². The van der Waals surface area contributed by atoms with Gasteiger partial charge in [-0.1, -0.05) is 26.0 Å². The van der Waals surface area contributed by atoms with Crippen molar-refractivity contribution in [3.05, 3.63) is 53.9 Å². The molecule has 0 radical (unpaired) electrons. The summed E-state index contributed by atoms with van der Waals surface area (Å²) in [6, 6.07) is 12.5. The highest BCUT2D eigenvalue weighted by atomic mass is 16.5. The van der Waals surface area contributed by atoms with E-state index >= 15 is 0 Å². The molecule has 1 aromatic heterocycles. The van der Waals surface area contributed by atoms with Crippen molar-refractivity contribution in [2.75, 3.05) is 12.4 Å². The van der Waals surface area contributed by atoms with E-state index in [1.165, 1.54) is 0 Å². The number of rotatable bonds is 4. The lowest BCUT2D eigenvalue weighted by Gasteiger charge is -2.08. The molecular weight excluding hydrogens is 292 g/mol. The number of aromatic nitrogens is 1. The molecule has 0 unspecified atom stereocenters. The number of ether oxygens (including phenoxy) is 1. The van der Waals surface area contributed by atoms with E-state index in [4.69, 9.17) is 9.15 Å². The monoisotopic (exact) mass is 310 g/mol. The van der Waals surface area contributed by atoms with Crippen LogP contribution in [0.2, 0.25) is 0 Å². The first-order valence-corrected chi connectivity index (χ1v) is 7.43. The fourth-order valence-electron chi connectivity index (χ4n) is 2.30. The van der Waals surface area contributed by atoms with Crippen LogP contribution in [-0.4, -0.2) is 18.0 Å². The third kappa shape index (κ3) is 3.04. The van der Waals surface area contributed by atoms with E-state index in [1.807, 2.05) is 32.0 Å². The van der Waals surface area contributed by atoms with E-state index in [-0.39, 0.29) is 11.8 Å². The van der Waals surface area contributed by atoms with Gasteiger partial charge >= 0.3 is 0 Å². The summed E-state index contributed by atoms with van der Waals surface area (Å²) >= 11 is 0. The Kier molecular flexibility index (Phi) is 4.02. The average Bonchev–Trinajstić information content (AvgIpc) is 2.98. The molecule has 23 heavy (non-hydrogen) atoms. The normalized spacial score (nSPS) is 11.0. The van der Waals surface area contributed by atoms with Gasteiger partial charge in [-0.05, 0) is 24.3 Å². The molecule has 0 saturated heterocycles. The van der Waals surface area contributed by atoms with Crippen LogP contribution in [0.3, 0.4) is 0 Å². The van der Waals surface area contributed by atoms with Crippen LogP contribution in [0.1, 0.15) is 36.0 Å². The van der Waals surface area contributed by atoms with Crippen molar-refractivity contribution in [2.45, 2.75) is 19.8 Å². The maximum atomic E-state index is 12.4. The standard InChI is InChI=1S/C18H18N2O3/c1-11(2)18-20-14-9-8-12(10-16(14)23-18)19-17(21)13-6-4-5-7-15(13)22-3/h4-11H,1-3H3,(H,19,21). The SMILES string of the molecule is COc1ccccc1C(=O)Nc1ccc2nc(C(C)C)oc2c1. The number of nitrogens with one attached hydrogen (secondary N) is 1. The van der Waals surface area contributed by atoms with Crippen molar-refractivity contribution >= 4 is 22.7 Å². The summed E-state index contributed by atoms with van der Waals surface area (Å²) in [6.45, 7) is 4.05. The predicted molar refractivity (Wildman–Crippen MR) is 89.0 cm³/mol. The van der Waals surface area contributed by atoms with Gasteiger partial charge in [-0.25, -0.2) is 4.98 Å². The number of carbonyl (C=O) groups excluding carboxylic acids is 1. The van der Waals surface area contributed by atoms with Gasteiger partial charge in [0.25, 0.3) is 5.91 Å². The Morgan fingerprint density at radius 2 is 2.00 bits per heavy atom. The minimum Gasteiger partial charge on any atom is -0.496 e. The number of nitrogens with zero attached hydrogens (tertiary/aromatic N) is 1. The van der Waals surface area contributed by atoms with Gasteiger partial charge < -0.3 is 14.5 Å². The second kappa shape index (κ2) is 6.12. The van der Waals surface area contributed by atoms with Gasteiger partial charge in [0.05, 0.1) is 12.7 Å². The average molecular weight is 310 g/mol. The number of para-hydroxylation sites is 1. The summed E-state index contributed by atoms with van der Waals surface area (Å²) in [5.74, 6) is 1.21. The van der Waals surface area contributed by atoms with Crippen LogP contribution in [-0.2, 0) is 0 Å². The molecule has 118 valence electrons. The van der Waals surface area contributed by atoms with E-state index in [1.54, 1.807) is 31.4 Å². The number of carbonyl (C=O) groups is 1. The summed E-state index contributed by atoms with van der Waals surface area (Å²) in [5, 5.41) is 2.86. The lowest BCUT2D eigenvalue weighted by Crippen LogP contribution is -2.12. The zero-order valence-corrected chi connectivity index (χ0v) is 13.3. The van der Waals surface area contributed by atoms with Crippen LogP contribution in [0.25, 0.3) is 11.1 Å². The van der Waals surface area contributed by atoms with E-state index in [0.717, 1.165) is 5.52 Å². The number of anilines is 1. The van der Waals surface area contributed by atoms with Crippen molar-refractivity contribution in [1.82, 2.24) is 4.98 Å². The van der Waals surface area contributed by atoms with E-state index in [9.17, 15) is 4.79 Å². The Hall–Kier alpha value is -2.82. The minimum absolute atomic E-state index is 0.217. The molecule has 1 N–H and O–H groups in total. The molecule has 5 heteroatoms. The van der Waals surface area contributed by atoms with Crippen LogP contribution in [0.5, 0.6) is 5.75 Å². The Morgan fingerprint density at radius 3 is 2.74 bits per heavy atom. The Bertz CT molecular complexity index is 852. The second-order valence-electron chi connectivity index (χ2n) is 5.54. The fraction of sp³-hybridized carbons (Fsp3) is 0.222. The molecule has 3 aromatic rings. The second-order valence-corrected chi connectivity index (χ2v) is 5.54. The molecule has 1 heterocycles. The van der Waals surface area contributed by atoms with Crippen molar-refractivity contribution in [1.29, 1.82) is 0 Å². The van der Waals surface area contributed by atoms with Crippen LogP contribution >= 0.6 is 0 Å². The van der Waals surface area contributed by atoms with Crippen LogP contribution in [0, 0.1) is 0 Å². The quantitative estimate of drug-likeness (QED) is 0.784. The molecule has 0 aliphatic carbocycles. The van der Waals surface area contributed by atoms with Crippen LogP contribution in [0.15, 0.2) is 46.9 Å². The lowest BCUT2D eigenvalue weighted by molar-refractivity contribution is 0.102. The zero-order valence-electron chi connectivity index (χ0n) is 13.3. The lowest BCUT2D eigenvalue weighted by atomic mass is 10.2. The highest BCUT2D eigenvalue weighted by Crippen LogP contribution is 2.25. The molecule has 1 amide bonds. The summed E-state index contributed by atoms with van der Waals surface area (Å²) in [5.41, 5.74) is 2.57. The summed E-state index contributed by atoms with van der Waals surface area (Å²) < 4.78 is 10.9. The smallest absolute Gasteiger partial charge is 0.259 e. The summed E-state index contributed by atoms with van der Waals surface area (Å²) in [6.07, 6.45) is 0. The number of fused-ring (bicyclic) bond motifs is 1. The molecule has 3 rings (SSSR count). The Labute approximate surface area is 134 Å². The number of methoxy groups -OCH3 is 1. The fourth-order valence-corrected chi connectivity index (χ4v) is 2.30. The number of oxazole rings is 1. The van der Waals surface area contributed by atoms with E-state index in [0.29, 0.717) is 28.5 Å². The largest absolute Gasteiger partial charge is 0.496 e. The van der Waals surface area contributed by atoms with Crippen molar-refractivity contribution in [3.8, 4) is 5.75 Å². The summed E-state index contributed by atoms with van der Waals surface area (Å²) in [7, 11) is 1.54. The van der Waals surface area contributed by atoms with Crippen molar-refractivity contribution < 1.29 is 13.9 Å². The third-order valence-electron chi connectivity index (χ3n) is 3.51. The maximum Gasteiger partial charge on any atom is 0.259 e. The molecule has 0 atom stereocenters. The highest BCUT2D eigenvalue weighted by molar-refractivity contribution is 6.06. The van der Waals surface area contributed by atoms with E-state index in [2.05, 4.69) is 10.3 Å². The third-order valence-corrected chi connectivity index (χ3v) is 3.51. The van der Waals surface area contributed by atoms with Gasteiger partial charge in [-0.3, -0.25) is 4.79 Å². The molecule has 0 spiro atoms. The van der Waals surface area contributed by atoms with Crippen molar-refractivity contribution in [3.63, 3.8) is 0 Å². The summed E-state index contributed by atoms with van der Waals surface area (Å²) in [4.78, 5) is 16.8. The van der Waals surface area contributed by atoms with Crippen LogP contribution < -0.4 is 10.1 Å². The van der Waals surface area contributed by atoms with Gasteiger partial charge in [-0.15, -0.1) is 0 Å². The molecular formula is C18H18N2O3. The molecule has 0 aliphatic rings. The topological polar surface area (TPSA) is 64.4 Å². The maximum absolute atomic E-state index is 12.4. The van der Waals surface area contributed by atoms with Gasteiger partial charge in [0.15, 0.2) is 11.5 Å². The van der Waals surface area contributed by atoms with Gasteiger partial charge in [0.1, 0.15) is 11.3 Å². The first-order valence-electron chi connectivity index (χ1n) is 7.43. The molecule has 0 saturated carbocycles. The molecule has 5 nitrogen and oxygen atoms in total. The van der Waals surface area contributed by atoms with Crippen LogP contribution in [0.4, 0.5) is 5.69 Å². The number of hydrogen-bond donors (Lipinski definition) is 1. The van der Waals surface area contributed by atoms with Gasteiger partial charge in [0, 0.05) is 17.7 Å². The molecule has 2 aromatic carbocycles. The Morgan fingerprint density at radius 1 is 1.22 bits per heavy atom. The number of hydrogen-bond acceptors (Lipinski definition) is 4. The predicted octanol–water partition coefficient (Wildman–Crippen LogP) is 4.21. The highest BCUT2D eigenvalue weighted by Gasteiger charge is 2.13. The van der Waals surface area contributed by atoms with E-state index < -0.39 is 0 Å². The zero-order chi connectivity index (χ0) is 16.4. The first-order chi connectivity index (χ1) is 11.1. The first kappa shape index (κ1) is 15.1. The number of amides is 1. The Balaban J connectivity index is 1.87. The van der Waals surface area contributed by atoms with Crippen molar-refractivity contribution in [2.24, 2.45) is 0 Å². The molecule has 0 fully saturated rings. The number of benzene rings is 2. The molecule has 0 bridgehead atoms. The van der Waals surface area contributed by atoms with Gasteiger partial charge in [0.2, 0.25) is 0 Å². The minimum atomic E-state index is -0.231. The molecule has 0 aliphatic heterocycles.